The Bertz CT molecular complexity index is 517. The van der Waals surface area contributed by atoms with Crippen molar-refractivity contribution in [1.29, 1.82) is 0 Å². The van der Waals surface area contributed by atoms with E-state index >= 15 is 0 Å². The van der Waals surface area contributed by atoms with E-state index in [-0.39, 0.29) is 6.10 Å². The predicted molar refractivity (Wildman–Crippen MR) is 79.7 cm³/mol. The SMILES string of the molecule is CC(C)OCc1ccc(-c2ccccc2CN)cc1. The molecule has 0 bridgehead atoms. The normalized spacial score (nSPS) is 10.9. The van der Waals surface area contributed by atoms with Crippen LogP contribution in [0.4, 0.5) is 0 Å². The van der Waals surface area contributed by atoms with Gasteiger partial charge in [-0.1, -0.05) is 48.5 Å². The van der Waals surface area contributed by atoms with Gasteiger partial charge in [0.1, 0.15) is 0 Å². The fourth-order valence-corrected chi connectivity index (χ4v) is 2.02. The Labute approximate surface area is 115 Å². The van der Waals surface area contributed by atoms with Crippen LogP contribution >= 0.6 is 0 Å². The van der Waals surface area contributed by atoms with Crippen LogP contribution in [0.5, 0.6) is 0 Å². The van der Waals surface area contributed by atoms with Gasteiger partial charge in [0.2, 0.25) is 0 Å². The summed E-state index contributed by atoms with van der Waals surface area (Å²) < 4.78 is 5.60. The lowest BCUT2D eigenvalue weighted by molar-refractivity contribution is 0.0657. The van der Waals surface area contributed by atoms with E-state index in [1.807, 2.05) is 26.0 Å². The van der Waals surface area contributed by atoms with Gasteiger partial charge in [-0.3, -0.25) is 0 Å². The van der Waals surface area contributed by atoms with E-state index < -0.39 is 0 Å². The van der Waals surface area contributed by atoms with E-state index in [0.29, 0.717) is 13.2 Å². The molecule has 2 nitrogen and oxygen atoms in total. The van der Waals surface area contributed by atoms with E-state index in [0.717, 1.165) is 0 Å². The highest BCUT2D eigenvalue weighted by Gasteiger charge is 2.03. The quantitative estimate of drug-likeness (QED) is 0.883. The second-order valence-corrected chi connectivity index (χ2v) is 4.92. The van der Waals surface area contributed by atoms with Crippen molar-refractivity contribution in [3.8, 4) is 11.1 Å². The molecule has 2 heteroatoms. The summed E-state index contributed by atoms with van der Waals surface area (Å²) in [4.78, 5) is 0. The van der Waals surface area contributed by atoms with Gasteiger partial charge in [0.15, 0.2) is 0 Å². The third kappa shape index (κ3) is 3.66. The summed E-state index contributed by atoms with van der Waals surface area (Å²) in [5.41, 5.74) is 10.6. The number of rotatable bonds is 5. The number of benzene rings is 2. The number of hydrogen-bond acceptors (Lipinski definition) is 2. The van der Waals surface area contributed by atoms with E-state index in [1.165, 1.54) is 22.3 Å². The van der Waals surface area contributed by atoms with Crippen molar-refractivity contribution in [2.24, 2.45) is 5.73 Å². The Kier molecular flexibility index (Phi) is 4.72. The summed E-state index contributed by atoms with van der Waals surface area (Å²) >= 11 is 0. The maximum atomic E-state index is 5.78. The zero-order valence-corrected chi connectivity index (χ0v) is 11.6. The molecule has 0 atom stereocenters. The van der Waals surface area contributed by atoms with Crippen LogP contribution in [0.1, 0.15) is 25.0 Å². The molecule has 0 saturated heterocycles. The van der Waals surface area contributed by atoms with Gasteiger partial charge < -0.3 is 10.5 Å². The summed E-state index contributed by atoms with van der Waals surface area (Å²) in [6.07, 6.45) is 0.262. The Morgan fingerprint density at radius 2 is 1.68 bits per heavy atom. The second-order valence-electron chi connectivity index (χ2n) is 4.92. The zero-order valence-electron chi connectivity index (χ0n) is 11.6. The molecule has 2 N–H and O–H groups in total. The molecule has 2 rings (SSSR count). The largest absolute Gasteiger partial charge is 0.374 e. The van der Waals surface area contributed by atoms with E-state index in [1.54, 1.807) is 0 Å². The molecule has 2 aromatic carbocycles. The van der Waals surface area contributed by atoms with Gasteiger partial charge in [0, 0.05) is 6.54 Å². The summed E-state index contributed by atoms with van der Waals surface area (Å²) in [6, 6.07) is 16.8. The third-order valence-corrected chi connectivity index (χ3v) is 3.09. The van der Waals surface area contributed by atoms with Crippen molar-refractivity contribution >= 4 is 0 Å². The van der Waals surface area contributed by atoms with Gasteiger partial charge in [-0.25, -0.2) is 0 Å². The average molecular weight is 255 g/mol. The van der Waals surface area contributed by atoms with Crippen LogP contribution in [-0.2, 0) is 17.9 Å². The van der Waals surface area contributed by atoms with Crippen LogP contribution in [0.2, 0.25) is 0 Å². The minimum atomic E-state index is 0.262. The fourth-order valence-electron chi connectivity index (χ4n) is 2.02. The van der Waals surface area contributed by atoms with Crippen LogP contribution in [0, 0.1) is 0 Å². The molecule has 0 saturated carbocycles. The van der Waals surface area contributed by atoms with Crippen molar-refractivity contribution in [3.05, 3.63) is 59.7 Å². The van der Waals surface area contributed by atoms with Crippen molar-refractivity contribution < 1.29 is 4.74 Å². The molecule has 0 amide bonds. The van der Waals surface area contributed by atoms with E-state index in [2.05, 4.69) is 36.4 Å². The van der Waals surface area contributed by atoms with Gasteiger partial charge in [-0.2, -0.15) is 0 Å². The molecule has 0 aliphatic carbocycles. The molecule has 0 aliphatic heterocycles. The Hall–Kier alpha value is -1.64. The topological polar surface area (TPSA) is 35.2 Å². The highest BCUT2D eigenvalue weighted by atomic mass is 16.5. The summed E-state index contributed by atoms with van der Waals surface area (Å²) in [7, 11) is 0. The summed E-state index contributed by atoms with van der Waals surface area (Å²) in [5, 5.41) is 0. The molecular formula is C17H21NO. The Morgan fingerprint density at radius 3 is 2.32 bits per heavy atom. The molecule has 0 heterocycles. The highest BCUT2D eigenvalue weighted by molar-refractivity contribution is 5.67. The first kappa shape index (κ1) is 13.8. The average Bonchev–Trinajstić information content (AvgIpc) is 2.45. The lowest BCUT2D eigenvalue weighted by Crippen LogP contribution is -2.02. The molecule has 2 aromatic rings. The second kappa shape index (κ2) is 6.50. The van der Waals surface area contributed by atoms with Gasteiger partial charge >= 0.3 is 0 Å². The minimum Gasteiger partial charge on any atom is -0.374 e. The molecule has 0 unspecified atom stereocenters. The summed E-state index contributed by atoms with van der Waals surface area (Å²) in [6.45, 7) is 5.32. The molecule has 0 aromatic heterocycles. The molecular weight excluding hydrogens is 234 g/mol. The van der Waals surface area contributed by atoms with Crippen molar-refractivity contribution in [2.45, 2.75) is 33.1 Å². The monoisotopic (exact) mass is 255 g/mol. The first-order valence-electron chi connectivity index (χ1n) is 6.69. The van der Waals surface area contributed by atoms with Gasteiger partial charge in [0.05, 0.1) is 12.7 Å². The standard InChI is InChI=1S/C17H21NO/c1-13(2)19-12-14-7-9-15(10-8-14)17-6-4-3-5-16(17)11-18/h3-10,13H,11-12,18H2,1-2H3. The van der Waals surface area contributed by atoms with Crippen LogP contribution in [0.25, 0.3) is 11.1 Å². The Morgan fingerprint density at radius 1 is 1.00 bits per heavy atom. The lowest BCUT2D eigenvalue weighted by Gasteiger charge is -2.10. The number of hydrogen-bond donors (Lipinski definition) is 1. The van der Waals surface area contributed by atoms with Gasteiger partial charge in [-0.15, -0.1) is 0 Å². The maximum absolute atomic E-state index is 5.78. The number of ether oxygens (including phenoxy) is 1. The zero-order chi connectivity index (χ0) is 13.7. The molecule has 0 aliphatic rings. The smallest absolute Gasteiger partial charge is 0.0720 e. The van der Waals surface area contributed by atoms with Crippen LogP contribution in [0.15, 0.2) is 48.5 Å². The summed E-state index contributed by atoms with van der Waals surface area (Å²) in [5.74, 6) is 0. The number of nitrogens with two attached hydrogens (primary N) is 1. The molecule has 0 radical (unpaired) electrons. The van der Waals surface area contributed by atoms with Gasteiger partial charge in [-0.05, 0) is 36.1 Å². The van der Waals surface area contributed by atoms with E-state index in [4.69, 9.17) is 10.5 Å². The van der Waals surface area contributed by atoms with Crippen LogP contribution in [-0.4, -0.2) is 6.10 Å². The maximum Gasteiger partial charge on any atom is 0.0720 e. The van der Waals surface area contributed by atoms with Crippen molar-refractivity contribution in [1.82, 2.24) is 0 Å². The van der Waals surface area contributed by atoms with Crippen LogP contribution in [0.3, 0.4) is 0 Å². The van der Waals surface area contributed by atoms with Crippen molar-refractivity contribution in [3.63, 3.8) is 0 Å². The third-order valence-electron chi connectivity index (χ3n) is 3.09. The minimum absolute atomic E-state index is 0.262. The molecule has 0 spiro atoms. The highest BCUT2D eigenvalue weighted by Crippen LogP contribution is 2.23. The van der Waals surface area contributed by atoms with Gasteiger partial charge in [0.25, 0.3) is 0 Å². The van der Waals surface area contributed by atoms with E-state index in [9.17, 15) is 0 Å². The lowest BCUT2D eigenvalue weighted by atomic mass is 9.99. The fraction of sp³-hybridized carbons (Fsp3) is 0.294. The predicted octanol–water partition coefficient (Wildman–Crippen LogP) is 3.74. The van der Waals surface area contributed by atoms with Crippen LogP contribution < -0.4 is 5.73 Å². The molecule has 0 fully saturated rings. The molecule has 100 valence electrons. The first-order valence-corrected chi connectivity index (χ1v) is 6.69. The van der Waals surface area contributed by atoms with Crippen molar-refractivity contribution in [2.75, 3.05) is 0 Å². The first-order chi connectivity index (χ1) is 9.20. The molecule has 19 heavy (non-hydrogen) atoms. The Balaban J connectivity index is 2.18.